The van der Waals surface area contributed by atoms with Crippen LogP contribution in [0.3, 0.4) is 0 Å². The number of amides is 3. The summed E-state index contributed by atoms with van der Waals surface area (Å²) in [6.07, 6.45) is 8.22. The maximum absolute atomic E-state index is 14.9. The van der Waals surface area contributed by atoms with Gasteiger partial charge in [-0.2, -0.15) is 4.98 Å². The lowest BCUT2D eigenvalue weighted by atomic mass is 10.0. The minimum Gasteiger partial charge on any atom is -0.491 e. The number of para-hydroxylation sites is 2. The van der Waals surface area contributed by atoms with E-state index in [9.17, 15) is 22.8 Å². The molecule has 61 heavy (non-hydrogen) atoms. The molecule has 3 aromatic carbocycles. The predicted molar refractivity (Wildman–Crippen MR) is 230 cm³/mol. The minimum absolute atomic E-state index is 0.00319. The van der Waals surface area contributed by atoms with Gasteiger partial charge in [0.05, 0.1) is 17.9 Å². The van der Waals surface area contributed by atoms with Gasteiger partial charge in [-0.25, -0.2) is 13.4 Å². The van der Waals surface area contributed by atoms with E-state index in [4.69, 9.17) is 23.9 Å². The Morgan fingerprint density at radius 2 is 1.72 bits per heavy atom. The van der Waals surface area contributed by atoms with Gasteiger partial charge in [-0.1, -0.05) is 55.3 Å². The lowest BCUT2D eigenvalue weighted by molar-refractivity contribution is -0.140. The van der Waals surface area contributed by atoms with Gasteiger partial charge in [0.1, 0.15) is 40.6 Å². The van der Waals surface area contributed by atoms with Gasteiger partial charge in [0.15, 0.2) is 5.82 Å². The van der Waals surface area contributed by atoms with Crippen molar-refractivity contribution < 1.29 is 36.7 Å². The van der Waals surface area contributed by atoms with Crippen molar-refractivity contribution in [3.05, 3.63) is 91.0 Å². The number of rotatable bonds is 10. The van der Waals surface area contributed by atoms with E-state index in [1.165, 1.54) is 4.90 Å². The van der Waals surface area contributed by atoms with Crippen molar-refractivity contribution in [1.29, 1.82) is 0 Å². The van der Waals surface area contributed by atoms with Crippen molar-refractivity contribution in [3.63, 3.8) is 0 Å². The number of fused-ring (bicyclic) bond motifs is 5. The SMILES string of the molecule is CC(C)Oc1ccc(-c2nc(O[C@@H]3C[C@H]4C(=O)N[C@]5(C(=O)NS(=O)(=O)C6CC6)C[C@H]5/C=C\CCCCC[C@H](Nc5ccccc5)C(=O)N4C3)c3oc4ccccc4c3n2)cc1. The van der Waals surface area contributed by atoms with Gasteiger partial charge in [0, 0.05) is 29.0 Å². The van der Waals surface area contributed by atoms with E-state index in [1.807, 2.05) is 105 Å². The van der Waals surface area contributed by atoms with Crippen molar-refractivity contribution >= 4 is 55.5 Å². The number of anilines is 1. The summed E-state index contributed by atoms with van der Waals surface area (Å²) < 4.78 is 47.1. The zero-order valence-electron chi connectivity index (χ0n) is 34.2. The predicted octanol–water partition coefficient (Wildman–Crippen LogP) is 6.66. The number of furan rings is 1. The van der Waals surface area contributed by atoms with Gasteiger partial charge in [0.25, 0.3) is 11.8 Å². The number of benzene rings is 3. The zero-order chi connectivity index (χ0) is 42.3. The lowest BCUT2D eigenvalue weighted by Gasteiger charge is -2.30. The third-order valence-corrected chi connectivity index (χ3v) is 13.7. The first kappa shape index (κ1) is 40.4. The van der Waals surface area contributed by atoms with Gasteiger partial charge in [-0.15, -0.1) is 0 Å². The Balaban J connectivity index is 1.06. The number of hydrogen-bond donors (Lipinski definition) is 3. The van der Waals surface area contributed by atoms with Crippen LogP contribution in [0.25, 0.3) is 33.5 Å². The second-order valence-electron chi connectivity index (χ2n) is 16.9. The Morgan fingerprint density at radius 3 is 2.49 bits per heavy atom. The first-order chi connectivity index (χ1) is 29.5. The summed E-state index contributed by atoms with van der Waals surface area (Å²) in [4.78, 5) is 54.7. The Morgan fingerprint density at radius 1 is 0.951 bits per heavy atom. The minimum atomic E-state index is -3.89. The quantitative estimate of drug-likeness (QED) is 0.128. The summed E-state index contributed by atoms with van der Waals surface area (Å²) in [7, 11) is -3.89. The summed E-state index contributed by atoms with van der Waals surface area (Å²) >= 11 is 0. The Labute approximate surface area is 354 Å². The van der Waals surface area contributed by atoms with Crippen LogP contribution in [0.4, 0.5) is 5.69 Å². The zero-order valence-corrected chi connectivity index (χ0v) is 35.0. The summed E-state index contributed by atoms with van der Waals surface area (Å²) in [6, 6.07) is 22.8. The highest BCUT2D eigenvalue weighted by Gasteiger charge is 2.62. The lowest BCUT2D eigenvalue weighted by Crippen LogP contribution is -2.57. The van der Waals surface area contributed by atoms with E-state index in [0.29, 0.717) is 47.5 Å². The fraction of sp³-hybridized carbons (Fsp3) is 0.413. The molecule has 1 saturated heterocycles. The number of carbonyl (C=O) groups is 3. The number of aromatic nitrogens is 2. The molecule has 9 rings (SSSR count). The van der Waals surface area contributed by atoms with Gasteiger partial charge in [0.2, 0.25) is 27.4 Å². The van der Waals surface area contributed by atoms with Gasteiger partial charge >= 0.3 is 0 Å². The van der Waals surface area contributed by atoms with Crippen LogP contribution >= 0.6 is 0 Å². The number of sulfonamides is 1. The van der Waals surface area contributed by atoms with E-state index < -0.39 is 56.7 Å². The molecule has 2 aliphatic heterocycles. The second kappa shape index (κ2) is 16.5. The summed E-state index contributed by atoms with van der Waals surface area (Å²) in [5, 5.41) is 6.54. The fourth-order valence-corrected chi connectivity index (χ4v) is 9.83. The van der Waals surface area contributed by atoms with Crippen molar-refractivity contribution in [2.75, 3.05) is 11.9 Å². The number of hydrogen-bond acceptors (Lipinski definition) is 11. The molecule has 4 heterocycles. The van der Waals surface area contributed by atoms with Crippen molar-refractivity contribution in [3.8, 4) is 23.0 Å². The van der Waals surface area contributed by atoms with E-state index in [1.54, 1.807) is 0 Å². The molecule has 5 atom stereocenters. The smallest absolute Gasteiger partial charge is 0.262 e. The molecule has 0 unspecified atom stereocenters. The molecular formula is C46H50N6O8S. The van der Waals surface area contributed by atoms with E-state index >= 15 is 0 Å². The summed E-state index contributed by atoms with van der Waals surface area (Å²) in [5.74, 6) is -0.765. The number of carbonyl (C=O) groups excluding carboxylic acids is 3. The van der Waals surface area contributed by atoms with E-state index in [2.05, 4.69) is 15.4 Å². The molecule has 0 spiro atoms. The normalized spacial score (nSPS) is 25.2. The standard InChI is InChI=1S/C46H50N6O8S/c1-28(2)58-32-21-19-29(20-22-32)41-48-39-35-16-11-12-18-38(35)60-40(39)43(49-41)59-33-25-37-42(53)50-46(45(55)51-61(56,57)34-23-24-34)26-30(46)13-7-4-3-5-10-17-36(44(54)52(37)27-33)47-31-14-8-6-9-15-31/h6-9,11-16,18-22,28,30,33-34,36-37,47H,3-5,10,17,23-27H2,1-2H3,(H,50,53)(H,51,55)/b13-7-/t30-,33-,36+,37+,46-/m1/s1. The molecular weight excluding hydrogens is 797 g/mol. The second-order valence-corrected chi connectivity index (χ2v) is 18.8. The maximum atomic E-state index is 14.9. The van der Waals surface area contributed by atoms with Gasteiger partial charge < -0.3 is 29.4 Å². The fourth-order valence-electron chi connectivity index (χ4n) is 8.47. The molecule has 318 valence electrons. The van der Waals surface area contributed by atoms with Crippen LogP contribution in [0.5, 0.6) is 11.6 Å². The van der Waals surface area contributed by atoms with Crippen molar-refractivity contribution in [1.82, 2.24) is 24.9 Å². The van der Waals surface area contributed by atoms with E-state index in [0.717, 1.165) is 42.3 Å². The highest BCUT2D eigenvalue weighted by Crippen LogP contribution is 2.46. The first-order valence-corrected chi connectivity index (χ1v) is 22.8. The highest BCUT2D eigenvalue weighted by atomic mass is 32.2. The number of ether oxygens (including phenoxy) is 2. The van der Waals surface area contributed by atoms with Crippen LogP contribution in [0.15, 0.2) is 95.4 Å². The highest BCUT2D eigenvalue weighted by molar-refractivity contribution is 7.91. The Hall–Kier alpha value is -5.96. The van der Waals surface area contributed by atoms with Crippen molar-refractivity contribution in [2.45, 2.75) is 107 Å². The average molecular weight is 847 g/mol. The molecule has 15 heteroatoms. The maximum Gasteiger partial charge on any atom is 0.262 e. The molecule has 0 bridgehead atoms. The van der Waals surface area contributed by atoms with Crippen LogP contribution in [-0.2, 0) is 24.4 Å². The number of allylic oxidation sites excluding steroid dienone is 1. The van der Waals surface area contributed by atoms with Crippen LogP contribution in [0, 0.1) is 5.92 Å². The first-order valence-electron chi connectivity index (χ1n) is 21.3. The molecule has 2 aliphatic carbocycles. The largest absolute Gasteiger partial charge is 0.491 e. The molecule has 14 nitrogen and oxygen atoms in total. The van der Waals surface area contributed by atoms with E-state index in [-0.39, 0.29) is 37.3 Å². The molecule has 2 saturated carbocycles. The Kier molecular flexibility index (Phi) is 10.9. The van der Waals surface area contributed by atoms with Crippen LogP contribution < -0.4 is 24.8 Å². The van der Waals surface area contributed by atoms with Crippen LogP contribution in [0.1, 0.15) is 71.6 Å². The van der Waals surface area contributed by atoms with Gasteiger partial charge in [-0.3, -0.25) is 19.1 Å². The number of nitrogens with zero attached hydrogens (tertiary/aromatic N) is 3. The molecule has 5 aromatic rings. The Bertz CT molecular complexity index is 2590. The summed E-state index contributed by atoms with van der Waals surface area (Å²) in [5.41, 5.74) is 1.48. The molecule has 2 aromatic heterocycles. The molecule has 4 aliphatic rings. The van der Waals surface area contributed by atoms with Gasteiger partial charge in [-0.05, 0) is 101 Å². The monoisotopic (exact) mass is 846 g/mol. The molecule has 3 amide bonds. The molecule has 3 N–H and O–H groups in total. The summed E-state index contributed by atoms with van der Waals surface area (Å²) in [6.45, 7) is 3.95. The number of nitrogens with one attached hydrogen (secondary N) is 3. The average Bonchev–Trinajstić information content (AvgIpc) is 4.15. The van der Waals surface area contributed by atoms with Crippen LogP contribution in [0.2, 0.25) is 0 Å². The molecule has 0 radical (unpaired) electrons. The van der Waals surface area contributed by atoms with Crippen LogP contribution in [-0.4, -0.2) is 82.6 Å². The molecule has 3 fully saturated rings. The third kappa shape index (κ3) is 8.52. The topological polar surface area (TPSA) is 182 Å². The van der Waals surface area contributed by atoms with Crippen molar-refractivity contribution in [2.24, 2.45) is 5.92 Å². The third-order valence-electron chi connectivity index (χ3n) is 11.9.